The lowest BCUT2D eigenvalue weighted by molar-refractivity contribution is 0.687. The van der Waals surface area contributed by atoms with E-state index in [9.17, 15) is 0 Å². The fourth-order valence-electron chi connectivity index (χ4n) is 2.15. The molecule has 0 radical (unpaired) electrons. The molecule has 3 rings (SSSR count). The summed E-state index contributed by atoms with van der Waals surface area (Å²) in [6, 6.07) is 0. The molecule has 0 saturated heterocycles. The standard InChI is InChI=1S/C12H15N7S/c1-7-8(3-4-13)12(19(2)18-7)20-11-9-10(15-5-14-9)16-6-17-11/h5-6H,3-4,13H2,1-2H3,(H,14,15,16,17). The summed E-state index contributed by atoms with van der Waals surface area (Å²) in [6.45, 7) is 2.60. The van der Waals surface area contributed by atoms with Gasteiger partial charge in [0, 0.05) is 12.6 Å². The summed E-state index contributed by atoms with van der Waals surface area (Å²) in [7, 11) is 1.93. The Kier molecular flexibility index (Phi) is 3.41. The van der Waals surface area contributed by atoms with Gasteiger partial charge in [0.25, 0.3) is 0 Å². The lowest BCUT2D eigenvalue weighted by Crippen LogP contribution is -2.04. The minimum absolute atomic E-state index is 0.601. The fraction of sp³-hybridized carbons (Fsp3) is 0.333. The number of aryl methyl sites for hydroxylation is 2. The molecule has 3 aromatic heterocycles. The molecule has 0 aliphatic carbocycles. The molecule has 0 aliphatic rings. The van der Waals surface area contributed by atoms with Gasteiger partial charge >= 0.3 is 0 Å². The number of fused-ring (bicyclic) bond motifs is 1. The van der Waals surface area contributed by atoms with Crippen molar-refractivity contribution in [1.82, 2.24) is 29.7 Å². The van der Waals surface area contributed by atoms with Crippen LogP contribution in [0.3, 0.4) is 0 Å². The molecule has 3 aromatic rings. The van der Waals surface area contributed by atoms with Gasteiger partial charge in [-0.25, -0.2) is 15.0 Å². The van der Waals surface area contributed by atoms with Crippen LogP contribution in [0.25, 0.3) is 11.2 Å². The van der Waals surface area contributed by atoms with Crippen LogP contribution in [0.15, 0.2) is 22.7 Å². The van der Waals surface area contributed by atoms with E-state index < -0.39 is 0 Å². The Bertz CT molecular complexity index is 745. The predicted molar refractivity (Wildman–Crippen MR) is 76.5 cm³/mol. The fourth-order valence-corrected chi connectivity index (χ4v) is 3.23. The third-order valence-corrected chi connectivity index (χ3v) is 4.27. The highest BCUT2D eigenvalue weighted by molar-refractivity contribution is 7.99. The molecule has 0 aromatic carbocycles. The largest absolute Gasteiger partial charge is 0.341 e. The van der Waals surface area contributed by atoms with Crippen molar-refractivity contribution in [3.63, 3.8) is 0 Å². The number of imidazole rings is 1. The number of aromatic amines is 1. The van der Waals surface area contributed by atoms with Crippen LogP contribution < -0.4 is 5.73 Å². The molecule has 0 spiro atoms. The highest BCUT2D eigenvalue weighted by Gasteiger charge is 2.16. The van der Waals surface area contributed by atoms with E-state index in [2.05, 4.69) is 25.0 Å². The number of aromatic nitrogens is 6. The Labute approximate surface area is 120 Å². The van der Waals surface area contributed by atoms with E-state index in [1.54, 1.807) is 18.1 Å². The highest BCUT2D eigenvalue weighted by Crippen LogP contribution is 2.33. The molecular formula is C12H15N7S. The predicted octanol–water partition coefficient (Wildman–Crippen LogP) is 1.05. The topological polar surface area (TPSA) is 98.3 Å². The third-order valence-electron chi connectivity index (χ3n) is 3.06. The normalized spacial score (nSPS) is 11.3. The second kappa shape index (κ2) is 5.22. The molecular weight excluding hydrogens is 274 g/mol. The van der Waals surface area contributed by atoms with Gasteiger partial charge in [0.2, 0.25) is 0 Å². The Morgan fingerprint density at radius 2 is 2.20 bits per heavy atom. The van der Waals surface area contributed by atoms with Crippen molar-refractivity contribution in [2.24, 2.45) is 12.8 Å². The minimum atomic E-state index is 0.601. The molecule has 0 amide bonds. The van der Waals surface area contributed by atoms with E-state index in [1.165, 1.54) is 11.9 Å². The van der Waals surface area contributed by atoms with Gasteiger partial charge in [-0.05, 0) is 31.7 Å². The zero-order valence-electron chi connectivity index (χ0n) is 11.3. The molecule has 0 unspecified atom stereocenters. The first-order valence-electron chi connectivity index (χ1n) is 6.25. The summed E-state index contributed by atoms with van der Waals surface area (Å²) in [5.41, 5.74) is 9.38. The average Bonchev–Trinajstić information content (AvgIpc) is 2.99. The van der Waals surface area contributed by atoms with E-state index >= 15 is 0 Å². The van der Waals surface area contributed by atoms with Crippen LogP contribution in [0.2, 0.25) is 0 Å². The van der Waals surface area contributed by atoms with E-state index in [0.717, 1.165) is 27.7 Å². The van der Waals surface area contributed by atoms with E-state index in [0.29, 0.717) is 12.2 Å². The van der Waals surface area contributed by atoms with Crippen LogP contribution in [0.5, 0.6) is 0 Å². The number of nitrogens with zero attached hydrogens (tertiary/aromatic N) is 5. The third kappa shape index (κ3) is 2.16. The summed E-state index contributed by atoms with van der Waals surface area (Å²) in [5, 5.41) is 6.36. The average molecular weight is 289 g/mol. The number of H-pyrrole nitrogens is 1. The van der Waals surface area contributed by atoms with Gasteiger partial charge < -0.3 is 10.7 Å². The molecule has 104 valence electrons. The van der Waals surface area contributed by atoms with Crippen molar-refractivity contribution in [3.05, 3.63) is 23.9 Å². The van der Waals surface area contributed by atoms with Crippen molar-refractivity contribution in [2.45, 2.75) is 23.4 Å². The molecule has 0 fully saturated rings. The quantitative estimate of drug-likeness (QED) is 0.697. The van der Waals surface area contributed by atoms with Gasteiger partial charge in [-0.15, -0.1) is 0 Å². The second-order valence-electron chi connectivity index (χ2n) is 4.41. The number of hydrogen-bond donors (Lipinski definition) is 2. The van der Waals surface area contributed by atoms with Crippen molar-refractivity contribution in [2.75, 3.05) is 6.54 Å². The molecule has 7 nitrogen and oxygen atoms in total. The molecule has 0 saturated carbocycles. The van der Waals surface area contributed by atoms with Crippen LogP contribution in [0.4, 0.5) is 0 Å². The van der Waals surface area contributed by atoms with Gasteiger partial charge in [-0.2, -0.15) is 5.10 Å². The van der Waals surface area contributed by atoms with Crippen LogP contribution >= 0.6 is 11.8 Å². The monoisotopic (exact) mass is 289 g/mol. The second-order valence-corrected chi connectivity index (χ2v) is 5.39. The Morgan fingerprint density at radius 3 is 3.00 bits per heavy atom. The SMILES string of the molecule is Cc1nn(C)c(Sc2ncnc3nc[nH]c23)c1CCN. The van der Waals surface area contributed by atoms with Gasteiger partial charge in [0.05, 0.1) is 12.0 Å². The first kappa shape index (κ1) is 13.1. The van der Waals surface area contributed by atoms with Gasteiger partial charge in [0.15, 0.2) is 5.65 Å². The maximum atomic E-state index is 5.69. The molecule has 3 N–H and O–H groups in total. The summed E-state index contributed by atoms with van der Waals surface area (Å²) in [6.07, 6.45) is 3.95. The first-order valence-corrected chi connectivity index (χ1v) is 7.07. The highest BCUT2D eigenvalue weighted by atomic mass is 32.2. The van der Waals surface area contributed by atoms with E-state index in [-0.39, 0.29) is 0 Å². The summed E-state index contributed by atoms with van der Waals surface area (Å²) < 4.78 is 1.87. The molecule has 0 atom stereocenters. The lowest BCUT2D eigenvalue weighted by Gasteiger charge is -2.05. The molecule has 20 heavy (non-hydrogen) atoms. The Hall–Kier alpha value is -1.93. The minimum Gasteiger partial charge on any atom is -0.341 e. The maximum Gasteiger partial charge on any atom is 0.181 e. The first-order chi connectivity index (χ1) is 9.70. The van der Waals surface area contributed by atoms with Crippen LogP contribution in [0.1, 0.15) is 11.3 Å². The molecule has 3 heterocycles. The van der Waals surface area contributed by atoms with Crippen LogP contribution in [0, 0.1) is 6.92 Å². The summed E-state index contributed by atoms with van der Waals surface area (Å²) in [4.78, 5) is 15.7. The van der Waals surface area contributed by atoms with E-state index in [1.807, 2.05) is 18.7 Å². The number of nitrogens with one attached hydrogen (secondary N) is 1. The van der Waals surface area contributed by atoms with Gasteiger partial charge in [-0.1, -0.05) is 0 Å². The zero-order chi connectivity index (χ0) is 14.1. The Morgan fingerprint density at radius 1 is 1.35 bits per heavy atom. The number of rotatable bonds is 4. The number of hydrogen-bond acceptors (Lipinski definition) is 6. The lowest BCUT2D eigenvalue weighted by atomic mass is 10.2. The van der Waals surface area contributed by atoms with Crippen molar-refractivity contribution >= 4 is 22.9 Å². The van der Waals surface area contributed by atoms with Crippen molar-refractivity contribution in [3.8, 4) is 0 Å². The van der Waals surface area contributed by atoms with E-state index in [4.69, 9.17) is 5.73 Å². The zero-order valence-corrected chi connectivity index (χ0v) is 12.1. The van der Waals surface area contributed by atoms with Crippen LogP contribution in [-0.4, -0.2) is 36.3 Å². The summed E-state index contributed by atoms with van der Waals surface area (Å²) >= 11 is 1.56. The van der Waals surface area contributed by atoms with Gasteiger partial charge in [0.1, 0.15) is 21.9 Å². The van der Waals surface area contributed by atoms with Crippen molar-refractivity contribution in [1.29, 1.82) is 0 Å². The molecule has 8 heteroatoms. The molecule has 0 bridgehead atoms. The Balaban J connectivity index is 2.05. The molecule has 0 aliphatic heterocycles. The van der Waals surface area contributed by atoms with Crippen LogP contribution in [-0.2, 0) is 13.5 Å². The van der Waals surface area contributed by atoms with Crippen molar-refractivity contribution < 1.29 is 0 Å². The smallest absolute Gasteiger partial charge is 0.181 e. The number of nitrogens with two attached hydrogens (primary N) is 1. The maximum absolute atomic E-state index is 5.69. The summed E-state index contributed by atoms with van der Waals surface area (Å²) in [5.74, 6) is 0. The van der Waals surface area contributed by atoms with Gasteiger partial charge in [-0.3, -0.25) is 4.68 Å².